The molecule has 0 amide bonds. The van der Waals surface area contributed by atoms with E-state index >= 15 is 0 Å². The number of hydrogen-bond acceptors (Lipinski definition) is 4. The fourth-order valence-corrected chi connectivity index (χ4v) is 3.03. The molecule has 1 saturated heterocycles. The van der Waals surface area contributed by atoms with Gasteiger partial charge in [0.05, 0.1) is 5.02 Å². The largest absolute Gasteiger partial charge is 0.508 e. The highest BCUT2D eigenvalue weighted by Crippen LogP contribution is 2.40. The zero-order valence-corrected chi connectivity index (χ0v) is 11.9. The van der Waals surface area contributed by atoms with Gasteiger partial charge in [0, 0.05) is 24.1 Å². The number of phenols is 1. The lowest BCUT2D eigenvalue weighted by atomic mass is 9.94. The average molecular weight is 284 g/mol. The van der Waals surface area contributed by atoms with Crippen molar-refractivity contribution in [3.8, 4) is 5.75 Å². The third kappa shape index (κ3) is 2.85. The van der Waals surface area contributed by atoms with Crippen LogP contribution in [0.15, 0.2) is 12.1 Å². The van der Waals surface area contributed by atoms with E-state index < -0.39 is 0 Å². The van der Waals surface area contributed by atoms with Crippen molar-refractivity contribution >= 4 is 18.1 Å². The summed E-state index contributed by atoms with van der Waals surface area (Å²) >= 11 is 6.31. The number of aryl methyl sites for hydroxylation is 1. The Hall–Kier alpha value is -1.26. The second kappa shape index (κ2) is 5.80. The first-order chi connectivity index (χ1) is 9.04. The number of nitrogens with zero attached hydrogens (tertiary/aromatic N) is 1. The highest BCUT2D eigenvalue weighted by molar-refractivity contribution is 6.32. The summed E-state index contributed by atoms with van der Waals surface area (Å²) in [4.78, 5) is 12.4. The Labute approximate surface area is 117 Å². The first-order valence-corrected chi connectivity index (χ1v) is 6.65. The van der Waals surface area contributed by atoms with Gasteiger partial charge in [-0.05, 0) is 32.0 Å². The van der Waals surface area contributed by atoms with Crippen LogP contribution in [0.2, 0.25) is 5.02 Å². The van der Waals surface area contributed by atoms with Crippen LogP contribution in [0, 0.1) is 6.92 Å². The van der Waals surface area contributed by atoms with Gasteiger partial charge in [-0.3, -0.25) is 9.69 Å². The van der Waals surface area contributed by atoms with E-state index in [1.54, 1.807) is 6.07 Å². The van der Waals surface area contributed by atoms with Crippen LogP contribution in [0.5, 0.6) is 5.75 Å². The standard InChI is InChI=1S/C14H18ClNO3/c1-9-3-4-12(18)13(14(9)15)10-5-11(7-19-8-17)16(2)6-10/h3-4,8,10-11,18H,5-7H2,1-2H3. The van der Waals surface area contributed by atoms with Crippen LogP contribution in [0.3, 0.4) is 0 Å². The molecule has 0 spiro atoms. The molecule has 1 N–H and O–H groups in total. The van der Waals surface area contributed by atoms with E-state index in [9.17, 15) is 9.90 Å². The molecule has 0 radical (unpaired) electrons. The number of benzene rings is 1. The molecule has 1 fully saturated rings. The van der Waals surface area contributed by atoms with E-state index in [1.165, 1.54) is 0 Å². The maximum atomic E-state index is 10.3. The highest BCUT2D eigenvalue weighted by atomic mass is 35.5. The van der Waals surface area contributed by atoms with Gasteiger partial charge in [-0.2, -0.15) is 0 Å². The van der Waals surface area contributed by atoms with Crippen molar-refractivity contribution < 1.29 is 14.6 Å². The number of phenolic OH excluding ortho intramolecular Hbond substituents is 1. The summed E-state index contributed by atoms with van der Waals surface area (Å²) in [6.45, 7) is 3.57. The Bertz CT molecular complexity index is 478. The van der Waals surface area contributed by atoms with Crippen LogP contribution in [0.4, 0.5) is 0 Å². The fraction of sp³-hybridized carbons (Fsp3) is 0.500. The zero-order valence-electron chi connectivity index (χ0n) is 11.1. The lowest BCUT2D eigenvalue weighted by molar-refractivity contribution is -0.129. The van der Waals surface area contributed by atoms with Crippen LogP contribution >= 0.6 is 11.6 Å². The second-order valence-corrected chi connectivity index (χ2v) is 5.46. The maximum absolute atomic E-state index is 10.3. The predicted molar refractivity (Wildman–Crippen MR) is 73.6 cm³/mol. The van der Waals surface area contributed by atoms with Crippen LogP contribution in [-0.2, 0) is 9.53 Å². The van der Waals surface area contributed by atoms with Crippen molar-refractivity contribution in [2.45, 2.75) is 25.3 Å². The number of carbonyl (C=O) groups excluding carboxylic acids is 1. The molecule has 104 valence electrons. The van der Waals surface area contributed by atoms with E-state index in [0.717, 1.165) is 24.1 Å². The first kappa shape index (κ1) is 14.2. The van der Waals surface area contributed by atoms with Crippen LogP contribution in [0.25, 0.3) is 0 Å². The number of rotatable bonds is 4. The minimum Gasteiger partial charge on any atom is -0.508 e. The van der Waals surface area contributed by atoms with Gasteiger partial charge in [-0.25, -0.2) is 0 Å². The molecule has 1 aliphatic heterocycles. The van der Waals surface area contributed by atoms with E-state index in [1.807, 2.05) is 20.0 Å². The van der Waals surface area contributed by atoms with Gasteiger partial charge in [0.25, 0.3) is 6.47 Å². The summed E-state index contributed by atoms with van der Waals surface area (Å²) in [5.74, 6) is 0.406. The molecule has 0 saturated carbocycles. The molecule has 5 heteroatoms. The van der Waals surface area contributed by atoms with Crippen molar-refractivity contribution in [3.05, 3.63) is 28.3 Å². The molecule has 2 rings (SSSR count). The maximum Gasteiger partial charge on any atom is 0.293 e. The van der Waals surface area contributed by atoms with Gasteiger partial charge in [-0.1, -0.05) is 17.7 Å². The van der Waals surface area contributed by atoms with E-state index in [2.05, 4.69) is 4.90 Å². The SMILES string of the molecule is Cc1ccc(O)c(C2CC(COC=O)N(C)C2)c1Cl. The number of halogens is 1. The lowest BCUT2D eigenvalue weighted by Crippen LogP contribution is -2.29. The molecule has 1 aromatic rings. The number of ether oxygens (including phenoxy) is 1. The van der Waals surface area contributed by atoms with Gasteiger partial charge in [0.1, 0.15) is 12.4 Å². The van der Waals surface area contributed by atoms with Crippen LogP contribution in [0.1, 0.15) is 23.5 Å². The number of likely N-dealkylation sites (N-methyl/N-ethyl adjacent to an activating group) is 1. The summed E-state index contributed by atoms with van der Waals surface area (Å²) in [7, 11) is 1.99. The van der Waals surface area contributed by atoms with Crippen molar-refractivity contribution in [2.24, 2.45) is 0 Å². The summed E-state index contributed by atoms with van der Waals surface area (Å²) in [5, 5.41) is 10.7. The molecular weight excluding hydrogens is 266 g/mol. The molecule has 1 aromatic carbocycles. The van der Waals surface area contributed by atoms with E-state index in [-0.39, 0.29) is 17.7 Å². The summed E-state index contributed by atoms with van der Waals surface area (Å²) in [5.41, 5.74) is 1.77. The van der Waals surface area contributed by atoms with Crippen LogP contribution < -0.4 is 0 Å². The van der Waals surface area contributed by atoms with Crippen molar-refractivity contribution in [1.29, 1.82) is 0 Å². The van der Waals surface area contributed by atoms with Gasteiger partial charge in [0.15, 0.2) is 0 Å². The van der Waals surface area contributed by atoms with E-state index in [4.69, 9.17) is 16.3 Å². The Morgan fingerprint density at radius 1 is 1.58 bits per heavy atom. The lowest BCUT2D eigenvalue weighted by Gasteiger charge is -2.17. The van der Waals surface area contributed by atoms with Crippen molar-refractivity contribution in [3.63, 3.8) is 0 Å². The molecule has 2 atom stereocenters. The number of aromatic hydroxyl groups is 1. The topological polar surface area (TPSA) is 49.8 Å². The smallest absolute Gasteiger partial charge is 0.293 e. The molecule has 2 unspecified atom stereocenters. The summed E-state index contributed by atoms with van der Waals surface area (Å²) < 4.78 is 4.84. The number of carbonyl (C=O) groups is 1. The molecule has 0 bridgehead atoms. The minimum absolute atomic E-state index is 0.164. The molecular formula is C14H18ClNO3. The monoisotopic (exact) mass is 283 g/mol. The van der Waals surface area contributed by atoms with Gasteiger partial charge in [0.2, 0.25) is 0 Å². The summed E-state index contributed by atoms with van der Waals surface area (Å²) in [6.07, 6.45) is 0.821. The third-order valence-corrected chi connectivity index (χ3v) is 4.30. The molecule has 4 nitrogen and oxygen atoms in total. The third-order valence-electron chi connectivity index (χ3n) is 3.80. The van der Waals surface area contributed by atoms with Crippen molar-refractivity contribution in [1.82, 2.24) is 4.90 Å². The highest BCUT2D eigenvalue weighted by Gasteiger charge is 2.33. The Balaban J connectivity index is 2.20. The Kier molecular flexibility index (Phi) is 4.32. The minimum atomic E-state index is 0.164. The Morgan fingerprint density at radius 2 is 2.32 bits per heavy atom. The number of likely N-dealkylation sites (tertiary alicyclic amines) is 1. The predicted octanol–water partition coefficient (Wildman–Crippen LogP) is 2.31. The Morgan fingerprint density at radius 3 is 3.00 bits per heavy atom. The molecule has 1 heterocycles. The van der Waals surface area contributed by atoms with Crippen LogP contribution in [-0.4, -0.2) is 42.7 Å². The normalized spacial score (nSPS) is 23.5. The summed E-state index contributed by atoms with van der Waals surface area (Å²) in [6, 6.07) is 3.67. The molecule has 0 aromatic heterocycles. The molecule has 1 aliphatic rings. The molecule has 0 aliphatic carbocycles. The second-order valence-electron chi connectivity index (χ2n) is 5.08. The average Bonchev–Trinajstić information content (AvgIpc) is 2.73. The number of hydrogen-bond donors (Lipinski definition) is 1. The fourth-order valence-electron chi connectivity index (χ4n) is 2.71. The molecule has 19 heavy (non-hydrogen) atoms. The zero-order chi connectivity index (χ0) is 14.0. The van der Waals surface area contributed by atoms with E-state index in [0.29, 0.717) is 18.1 Å². The van der Waals surface area contributed by atoms with Gasteiger partial charge >= 0.3 is 0 Å². The quantitative estimate of drug-likeness (QED) is 0.862. The van der Waals surface area contributed by atoms with Gasteiger partial charge < -0.3 is 9.84 Å². The first-order valence-electron chi connectivity index (χ1n) is 6.28. The van der Waals surface area contributed by atoms with Crippen molar-refractivity contribution in [2.75, 3.05) is 20.2 Å². The van der Waals surface area contributed by atoms with Gasteiger partial charge in [-0.15, -0.1) is 0 Å².